The summed E-state index contributed by atoms with van der Waals surface area (Å²) in [5, 5.41) is 4.35. The van der Waals surface area contributed by atoms with Gasteiger partial charge in [-0.2, -0.15) is 5.10 Å². The van der Waals surface area contributed by atoms with E-state index in [0.29, 0.717) is 13.2 Å². The zero-order valence-electron chi connectivity index (χ0n) is 14.4. The van der Waals surface area contributed by atoms with E-state index in [4.69, 9.17) is 4.74 Å². The maximum absolute atomic E-state index is 13.2. The molecule has 0 aliphatic carbocycles. The van der Waals surface area contributed by atoms with Crippen molar-refractivity contribution in [2.24, 2.45) is 0 Å². The van der Waals surface area contributed by atoms with Crippen molar-refractivity contribution < 1.29 is 9.53 Å². The van der Waals surface area contributed by atoms with Crippen LogP contribution in [0.4, 0.5) is 5.69 Å². The van der Waals surface area contributed by atoms with Crippen LogP contribution in [0.3, 0.4) is 0 Å². The van der Waals surface area contributed by atoms with Crippen LogP contribution in [0.15, 0.2) is 42.7 Å². The molecule has 2 fully saturated rings. The molecule has 6 nitrogen and oxygen atoms in total. The number of carbonyl (C=O) groups excluding carboxylic acids is 1. The third kappa shape index (κ3) is 3.39. The van der Waals surface area contributed by atoms with E-state index in [2.05, 4.69) is 10.00 Å². The number of piperidine rings is 1. The van der Waals surface area contributed by atoms with Gasteiger partial charge in [-0.1, -0.05) is 12.1 Å². The number of rotatable bonds is 3. The first-order valence-corrected chi connectivity index (χ1v) is 9.03. The van der Waals surface area contributed by atoms with Crippen molar-refractivity contribution in [1.82, 2.24) is 14.7 Å². The summed E-state index contributed by atoms with van der Waals surface area (Å²) in [4.78, 5) is 17.5. The summed E-state index contributed by atoms with van der Waals surface area (Å²) in [7, 11) is 0. The lowest BCUT2D eigenvalue weighted by atomic mass is 10.0. The normalized spacial score (nSPS) is 21.4. The van der Waals surface area contributed by atoms with Crippen LogP contribution in [-0.4, -0.2) is 60.0 Å². The summed E-state index contributed by atoms with van der Waals surface area (Å²) in [5.74, 6) is 0.124. The number of carbonyl (C=O) groups is 1. The van der Waals surface area contributed by atoms with Crippen molar-refractivity contribution in [3.8, 4) is 0 Å². The Morgan fingerprint density at radius 3 is 2.76 bits per heavy atom. The fraction of sp³-hybridized carbons (Fsp3) is 0.474. The van der Waals surface area contributed by atoms with E-state index in [9.17, 15) is 4.79 Å². The standard InChI is InChI=1S/C19H24N4O2/c24-19(22-9-3-5-16(15-22)23-10-4-8-20-23)17-6-1-2-7-18(17)21-11-13-25-14-12-21/h1-2,4,6-8,10,16H,3,5,9,11-15H2/t16-/m0/s1. The molecule has 0 saturated carbocycles. The summed E-state index contributed by atoms with van der Waals surface area (Å²) in [6.45, 7) is 4.63. The molecule has 1 aromatic heterocycles. The van der Waals surface area contributed by atoms with Crippen LogP contribution in [0.2, 0.25) is 0 Å². The number of likely N-dealkylation sites (tertiary alicyclic amines) is 1. The highest BCUT2D eigenvalue weighted by atomic mass is 16.5. The van der Waals surface area contributed by atoms with Crippen molar-refractivity contribution in [2.75, 3.05) is 44.3 Å². The molecular formula is C19H24N4O2. The Labute approximate surface area is 148 Å². The zero-order valence-corrected chi connectivity index (χ0v) is 14.4. The smallest absolute Gasteiger partial charge is 0.256 e. The Bertz CT molecular complexity index is 710. The number of aromatic nitrogens is 2. The van der Waals surface area contributed by atoms with Gasteiger partial charge in [-0.25, -0.2) is 0 Å². The minimum Gasteiger partial charge on any atom is -0.378 e. The predicted molar refractivity (Wildman–Crippen MR) is 95.9 cm³/mol. The first-order chi connectivity index (χ1) is 12.3. The third-order valence-corrected chi connectivity index (χ3v) is 5.07. The molecule has 0 unspecified atom stereocenters. The average Bonchev–Trinajstić information content (AvgIpc) is 3.23. The Balaban J connectivity index is 1.54. The molecule has 2 saturated heterocycles. The zero-order chi connectivity index (χ0) is 17.1. The van der Waals surface area contributed by atoms with Crippen LogP contribution >= 0.6 is 0 Å². The molecule has 0 N–H and O–H groups in total. The number of hydrogen-bond acceptors (Lipinski definition) is 4. The van der Waals surface area contributed by atoms with Crippen LogP contribution in [0.5, 0.6) is 0 Å². The van der Waals surface area contributed by atoms with Crippen LogP contribution in [-0.2, 0) is 4.74 Å². The van der Waals surface area contributed by atoms with Crippen LogP contribution in [0, 0.1) is 0 Å². The molecule has 2 aromatic rings. The molecule has 6 heteroatoms. The number of ether oxygens (including phenoxy) is 1. The molecule has 4 rings (SSSR count). The van der Waals surface area contributed by atoms with E-state index < -0.39 is 0 Å². The molecule has 0 spiro atoms. The first kappa shape index (κ1) is 16.1. The van der Waals surface area contributed by atoms with Crippen molar-refractivity contribution in [1.29, 1.82) is 0 Å². The number of amides is 1. The molecule has 2 aliphatic rings. The molecule has 25 heavy (non-hydrogen) atoms. The van der Waals surface area contributed by atoms with Gasteiger partial charge < -0.3 is 14.5 Å². The number of hydrogen-bond donors (Lipinski definition) is 0. The molecule has 2 aliphatic heterocycles. The second-order valence-corrected chi connectivity index (χ2v) is 6.65. The van der Waals surface area contributed by atoms with E-state index in [0.717, 1.165) is 50.3 Å². The van der Waals surface area contributed by atoms with E-state index in [-0.39, 0.29) is 11.9 Å². The number of anilines is 1. The third-order valence-electron chi connectivity index (χ3n) is 5.07. The van der Waals surface area contributed by atoms with E-state index >= 15 is 0 Å². The lowest BCUT2D eigenvalue weighted by Crippen LogP contribution is -2.42. The lowest BCUT2D eigenvalue weighted by Gasteiger charge is -2.35. The molecule has 3 heterocycles. The van der Waals surface area contributed by atoms with Gasteiger partial charge in [0, 0.05) is 44.3 Å². The summed E-state index contributed by atoms with van der Waals surface area (Å²) in [5.41, 5.74) is 1.82. The molecule has 0 bridgehead atoms. The molecular weight excluding hydrogens is 316 g/mol. The Hall–Kier alpha value is -2.34. The Morgan fingerprint density at radius 1 is 1.12 bits per heavy atom. The van der Waals surface area contributed by atoms with Gasteiger partial charge in [0.15, 0.2) is 0 Å². The van der Waals surface area contributed by atoms with Crippen molar-refractivity contribution in [2.45, 2.75) is 18.9 Å². The number of morpholine rings is 1. The average molecular weight is 340 g/mol. The predicted octanol–water partition coefficient (Wildman–Crippen LogP) is 2.20. The topological polar surface area (TPSA) is 50.6 Å². The van der Waals surface area contributed by atoms with Crippen molar-refractivity contribution >= 4 is 11.6 Å². The molecule has 1 atom stereocenters. The van der Waals surface area contributed by atoms with Crippen molar-refractivity contribution in [3.05, 3.63) is 48.3 Å². The van der Waals surface area contributed by atoms with Gasteiger partial charge in [0.25, 0.3) is 5.91 Å². The van der Waals surface area contributed by atoms with E-state index in [1.807, 2.05) is 46.1 Å². The monoisotopic (exact) mass is 340 g/mol. The van der Waals surface area contributed by atoms with Crippen LogP contribution in [0.1, 0.15) is 29.2 Å². The molecule has 0 radical (unpaired) electrons. The van der Waals surface area contributed by atoms with Gasteiger partial charge in [0.1, 0.15) is 0 Å². The fourth-order valence-corrected chi connectivity index (χ4v) is 3.76. The Kier molecular flexibility index (Phi) is 4.70. The molecule has 1 aromatic carbocycles. The van der Waals surface area contributed by atoms with Crippen LogP contribution in [0.25, 0.3) is 0 Å². The summed E-state index contributed by atoms with van der Waals surface area (Å²) < 4.78 is 7.43. The summed E-state index contributed by atoms with van der Waals surface area (Å²) in [6.07, 6.45) is 5.86. The second-order valence-electron chi connectivity index (χ2n) is 6.65. The highest BCUT2D eigenvalue weighted by molar-refractivity contribution is 6.00. The van der Waals surface area contributed by atoms with Crippen molar-refractivity contribution in [3.63, 3.8) is 0 Å². The SMILES string of the molecule is O=C(c1ccccc1N1CCOCC1)N1CCC[C@H](n2cccn2)C1. The van der Waals surface area contributed by atoms with Gasteiger partial charge >= 0.3 is 0 Å². The highest BCUT2D eigenvalue weighted by Crippen LogP contribution is 2.26. The second kappa shape index (κ2) is 7.27. The van der Waals surface area contributed by atoms with E-state index in [1.54, 1.807) is 6.20 Å². The van der Waals surface area contributed by atoms with E-state index in [1.165, 1.54) is 0 Å². The van der Waals surface area contributed by atoms with Crippen LogP contribution < -0.4 is 4.90 Å². The molecule has 1 amide bonds. The quantitative estimate of drug-likeness (QED) is 0.859. The van der Waals surface area contributed by atoms with Gasteiger partial charge in [0.05, 0.1) is 24.8 Å². The van der Waals surface area contributed by atoms with Gasteiger partial charge in [-0.3, -0.25) is 9.48 Å². The number of para-hydroxylation sites is 1. The largest absolute Gasteiger partial charge is 0.378 e. The minimum atomic E-state index is 0.124. The number of nitrogens with zero attached hydrogens (tertiary/aromatic N) is 4. The van der Waals surface area contributed by atoms with Gasteiger partial charge in [-0.05, 0) is 31.0 Å². The maximum atomic E-state index is 13.2. The summed E-state index contributed by atoms with van der Waals surface area (Å²) >= 11 is 0. The first-order valence-electron chi connectivity index (χ1n) is 9.03. The fourth-order valence-electron chi connectivity index (χ4n) is 3.76. The minimum absolute atomic E-state index is 0.124. The number of benzene rings is 1. The lowest BCUT2D eigenvalue weighted by molar-refractivity contribution is 0.0672. The van der Waals surface area contributed by atoms with Gasteiger partial charge in [-0.15, -0.1) is 0 Å². The Morgan fingerprint density at radius 2 is 1.96 bits per heavy atom. The molecule has 132 valence electrons. The maximum Gasteiger partial charge on any atom is 0.256 e. The highest BCUT2D eigenvalue weighted by Gasteiger charge is 2.28. The summed E-state index contributed by atoms with van der Waals surface area (Å²) in [6, 6.07) is 10.2. The van der Waals surface area contributed by atoms with Gasteiger partial charge in [0.2, 0.25) is 0 Å².